The first kappa shape index (κ1) is 14.9. The molecule has 0 amide bonds. The summed E-state index contributed by atoms with van der Waals surface area (Å²) < 4.78 is 18.2. The number of ketones is 1. The number of rotatable bonds is 5. The lowest BCUT2D eigenvalue weighted by molar-refractivity contribution is -0.384. The van der Waals surface area contributed by atoms with Gasteiger partial charge >= 0.3 is 0 Å². The number of nitro groups is 1. The summed E-state index contributed by atoms with van der Waals surface area (Å²) in [5, 5.41) is 10.4. The first-order valence-corrected chi connectivity index (χ1v) is 6.20. The number of carbonyl (C=O) groups excluding carboxylic acids is 1. The summed E-state index contributed by atoms with van der Waals surface area (Å²) >= 11 is 5.59. The zero-order valence-electron chi connectivity index (χ0n) is 10.6. The van der Waals surface area contributed by atoms with Crippen LogP contribution in [0, 0.1) is 15.9 Å². The lowest BCUT2D eigenvalue weighted by atomic mass is 10.1. The molecule has 0 radical (unpaired) electrons. The summed E-state index contributed by atoms with van der Waals surface area (Å²) in [6.07, 6.45) is 0. The van der Waals surface area contributed by atoms with E-state index in [0.29, 0.717) is 0 Å². The summed E-state index contributed by atoms with van der Waals surface area (Å²) in [6, 6.07) is 8.92. The molecule has 2 rings (SSSR count). The van der Waals surface area contributed by atoms with E-state index in [9.17, 15) is 19.3 Å². The zero-order valence-corrected chi connectivity index (χ0v) is 11.3. The first-order chi connectivity index (χ1) is 9.97. The molecule has 0 aliphatic heterocycles. The van der Waals surface area contributed by atoms with Gasteiger partial charge in [-0.3, -0.25) is 14.9 Å². The number of halogens is 2. The summed E-state index contributed by atoms with van der Waals surface area (Å²) in [5.41, 5.74) is 0.187. The van der Waals surface area contributed by atoms with Crippen molar-refractivity contribution in [1.29, 1.82) is 0 Å². The van der Waals surface area contributed by atoms with Crippen molar-refractivity contribution in [3.8, 4) is 5.75 Å². The predicted molar refractivity (Wildman–Crippen MR) is 74.3 cm³/mol. The smallest absolute Gasteiger partial charge is 0.269 e. The van der Waals surface area contributed by atoms with Gasteiger partial charge in [-0.15, -0.1) is 0 Å². The van der Waals surface area contributed by atoms with E-state index in [-0.39, 0.29) is 34.4 Å². The van der Waals surface area contributed by atoms with Crippen LogP contribution in [0.4, 0.5) is 10.1 Å². The molecule has 0 fully saturated rings. The summed E-state index contributed by atoms with van der Waals surface area (Å²) in [7, 11) is 0. The minimum atomic E-state index is -0.578. The number of nitrogens with zero attached hydrogens (tertiary/aromatic N) is 1. The normalized spacial score (nSPS) is 10.2. The monoisotopic (exact) mass is 309 g/mol. The van der Waals surface area contributed by atoms with Gasteiger partial charge in [0.05, 0.1) is 9.95 Å². The van der Waals surface area contributed by atoms with E-state index >= 15 is 0 Å². The highest BCUT2D eigenvalue weighted by molar-refractivity contribution is 6.30. The molecule has 108 valence electrons. The van der Waals surface area contributed by atoms with Crippen LogP contribution in [0.1, 0.15) is 10.4 Å². The molecule has 0 unspecified atom stereocenters. The van der Waals surface area contributed by atoms with E-state index in [4.69, 9.17) is 16.3 Å². The van der Waals surface area contributed by atoms with Crippen LogP contribution in [-0.4, -0.2) is 17.3 Å². The quantitative estimate of drug-likeness (QED) is 0.480. The Kier molecular flexibility index (Phi) is 4.49. The molecular weight excluding hydrogens is 301 g/mol. The number of nitro benzene ring substituents is 1. The Morgan fingerprint density at radius 2 is 1.90 bits per heavy atom. The average molecular weight is 310 g/mol. The fourth-order valence-electron chi connectivity index (χ4n) is 1.57. The van der Waals surface area contributed by atoms with Crippen LogP contribution in [0.2, 0.25) is 5.02 Å². The molecule has 0 N–H and O–H groups in total. The Morgan fingerprint density at radius 3 is 2.48 bits per heavy atom. The van der Waals surface area contributed by atoms with Crippen molar-refractivity contribution in [2.75, 3.05) is 6.61 Å². The lowest BCUT2D eigenvalue weighted by Gasteiger charge is -2.06. The molecule has 2 aromatic rings. The van der Waals surface area contributed by atoms with Crippen molar-refractivity contribution in [3.63, 3.8) is 0 Å². The van der Waals surface area contributed by atoms with Crippen LogP contribution in [-0.2, 0) is 0 Å². The second-order valence-corrected chi connectivity index (χ2v) is 4.50. The second-order valence-electron chi connectivity index (χ2n) is 4.09. The Hall–Kier alpha value is -2.47. The van der Waals surface area contributed by atoms with Crippen LogP contribution in [0.15, 0.2) is 42.5 Å². The van der Waals surface area contributed by atoms with Gasteiger partial charge in [0.1, 0.15) is 11.6 Å². The molecule has 0 aliphatic rings. The molecule has 5 nitrogen and oxygen atoms in total. The van der Waals surface area contributed by atoms with E-state index in [1.165, 1.54) is 36.4 Å². The number of benzene rings is 2. The number of non-ortho nitro benzene ring substituents is 1. The van der Waals surface area contributed by atoms with E-state index in [1.807, 2.05) is 0 Å². The van der Waals surface area contributed by atoms with Gasteiger partial charge in [-0.05, 0) is 24.3 Å². The minimum Gasteiger partial charge on any atom is -0.485 e. The summed E-state index contributed by atoms with van der Waals surface area (Å²) in [5.74, 6) is -0.673. The van der Waals surface area contributed by atoms with Crippen molar-refractivity contribution in [1.82, 2.24) is 0 Å². The van der Waals surface area contributed by atoms with Crippen molar-refractivity contribution in [2.45, 2.75) is 0 Å². The highest BCUT2D eigenvalue weighted by atomic mass is 35.5. The van der Waals surface area contributed by atoms with Gasteiger partial charge in [-0.2, -0.15) is 0 Å². The summed E-state index contributed by atoms with van der Waals surface area (Å²) in [4.78, 5) is 21.8. The number of Topliss-reactive ketones (excluding diaryl/α,β-unsaturated/α-hetero) is 1. The Labute approximate surface area is 124 Å². The molecule has 0 bridgehead atoms. The lowest BCUT2D eigenvalue weighted by Crippen LogP contribution is -2.11. The molecule has 21 heavy (non-hydrogen) atoms. The van der Waals surface area contributed by atoms with Crippen LogP contribution < -0.4 is 4.74 Å². The third-order valence-corrected chi connectivity index (χ3v) is 2.95. The highest BCUT2D eigenvalue weighted by Crippen LogP contribution is 2.21. The van der Waals surface area contributed by atoms with Crippen molar-refractivity contribution in [2.24, 2.45) is 0 Å². The number of hydrogen-bond acceptors (Lipinski definition) is 4. The van der Waals surface area contributed by atoms with Gasteiger partial charge < -0.3 is 4.74 Å². The number of carbonyl (C=O) groups is 1. The van der Waals surface area contributed by atoms with Crippen molar-refractivity contribution >= 4 is 23.1 Å². The maximum Gasteiger partial charge on any atom is 0.269 e. The van der Waals surface area contributed by atoms with Gasteiger partial charge in [0.2, 0.25) is 0 Å². The SMILES string of the molecule is O=C(COc1ccc(F)c(Cl)c1)c1ccc([N+](=O)[O-])cc1. The van der Waals surface area contributed by atoms with Crippen LogP contribution in [0.5, 0.6) is 5.75 Å². The Balaban J connectivity index is 2.01. The predicted octanol–water partition coefficient (Wildman–Crippen LogP) is 3.65. The third-order valence-electron chi connectivity index (χ3n) is 2.66. The fourth-order valence-corrected chi connectivity index (χ4v) is 1.74. The van der Waals surface area contributed by atoms with E-state index in [0.717, 1.165) is 6.07 Å². The topological polar surface area (TPSA) is 69.4 Å². The first-order valence-electron chi connectivity index (χ1n) is 5.83. The fraction of sp³-hybridized carbons (Fsp3) is 0.0714. The molecule has 2 aromatic carbocycles. The van der Waals surface area contributed by atoms with Crippen LogP contribution in [0.25, 0.3) is 0 Å². The maximum atomic E-state index is 13.0. The largest absolute Gasteiger partial charge is 0.485 e. The minimum absolute atomic E-state index is 0.0993. The molecule has 7 heteroatoms. The van der Waals surface area contributed by atoms with Gasteiger partial charge in [0.25, 0.3) is 5.69 Å². The standard InChI is InChI=1S/C14H9ClFNO4/c15-12-7-11(5-6-13(12)16)21-8-14(18)9-1-3-10(4-2-9)17(19)20/h1-7H,8H2. The number of ether oxygens (including phenoxy) is 1. The van der Waals surface area contributed by atoms with Crippen molar-refractivity contribution < 1.29 is 18.8 Å². The molecule has 0 saturated carbocycles. The van der Waals surface area contributed by atoms with E-state index < -0.39 is 10.7 Å². The van der Waals surface area contributed by atoms with E-state index in [2.05, 4.69) is 0 Å². The Morgan fingerprint density at radius 1 is 1.24 bits per heavy atom. The van der Waals surface area contributed by atoms with E-state index in [1.54, 1.807) is 0 Å². The molecule has 0 spiro atoms. The van der Waals surface area contributed by atoms with Crippen LogP contribution in [0.3, 0.4) is 0 Å². The Bertz CT molecular complexity index is 688. The van der Waals surface area contributed by atoms with Gasteiger partial charge in [0.15, 0.2) is 12.4 Å². The molecule has 0 aromatic heterocycles. The molecule has 0 saturated heterocycles. The number of hydrogen-bond donors (Lipinski definition) is 0. The molecule has 0 atom stereocenters. The molecular formula is C14H9ClFNO4. The maximum absolute atomic E-state index is 13.0. The zero-order chi connectivity index (χ0) is 15.4. The van der Waals surface area contributed by atoms with Gasteiger partial charge in [0, 0.05) is 23.8 Å². The molecule has 0 aliphatic carbocycles. The van der Waals surface area contributed by atoms with Gasteiger partial charge in [-0.1, -0.05) is 11.6 Å². The summed E-state index contributed by atoms with van der Waals surface area (Å²) in [6.45, 7) is -0.278. The molecule has 0 heterocycles. The highest BCUT2D eigenvalue weighted by Gasteiger charge is 2.10. The average Bonchev–Trinajstić information content (AvgIpc) is 2.48. The second kappa shape index (κ2) is 6.32. The third kappa shape index (κ3) is 3.76. The van der Waals surface area contributed by atoms with Crippen molar-refractivity contribution in [3.05, 3.63) is 69.0 Å². The van der Waals surface area contributed by atoms with Crippen LogP contribution >= 0.6 is 11.6 Å². The van der Waals surface area contributed by atoms with Gasteiger partial charge in [-0.25, -0.2) is 4.39 Å².